The summed E-state index contributed by atoms with van der Waals surface area (Å²) in [5.41, 5.74) is 4.50. The molecule has 0 aliphatic heterocycles. The van der Waals surface area contributed by atoms with Crippen LogP contribution < -0.4 is 0 Å². The van der Waals surface area contributed by atoms with E-state index in [1.807, 2.05) is 48.5 Å². The zero-order valence-corrected chi connectivity index (χ0v) is 12.0. The molecule has 23 heavy (non-hydrogen) atoms. The van der Waals surface area contributed by atoms with Crippen molar-refractivity contribution in [3.8, 4) is 11.4 Å². The van der Waals surface area contributed by atoms with Crippen LogP contribution in [0.15, 0.2) is 65.5 Å². The molecule has 0 saturated heterocycles. The van der Waals surface area contributed by atoms with E-state index in [0.717, 1.165) is 33.2 Å². The standard InChI is InChI=1S/C18H10N4O/c1-2-4-13-11(3-1)5-7-14(21-13)15-8-6-12-17-16(9-19-10-20-17)23-18(12)22-15/h1-10H. The molecule has 4 aromatic heterocycles. The van der Waals surface area contributed by atoms with Crippen LogP contribution in [0.25, 0.3) is 44.5 Å². The lowest BCUT2D eigenvalue weighted by atomic mass is 10.1. The fraction of sp³-hybridized carbons (Fsp3) is 0. The van der Waals surface area contributed by atoms with Crippen LogP contribution >= 0.6 is 0 Å². The van der Waals surface area contributed by atoms with E-state index in [9.17, 15) is 0 Å². The summed E-state index contributed by atoms with van der Waals surface area (Å²) in [4.78, 5) is 17.5. The summed E-state index contributed by atoms with van der Waals surface area (Å²) in [6.07, 6.45) is 3.16. The van der Waals surface area contributed by atoms with Crippen LogP contribution in [0.4, 0.5) is 0 Å². The summed E-state index contributed by atoms with van der Waals surface area (Å²) >= 11 is 0. The summed E-state index contributed by atoms with van der Waals surface area (Å²) in [5, 5.41) is 1.99. The lowest BCUT2D eigenvalue weighted by molar-refractivity contribution is 0.651. The molecule has 1 aromatic carbocycles. The topological polar surface area (TPSA) is 64.7 Å². The number of hydrogen-bond donors (Lipinski definition) is 0. The maximum atomic E-state index is 5.74. The van der Waals surface area contributed by atoms with Crippen molar-refractivity contribution in [2.24, 2.45) is 0 Å². The van der Waals surface area contributed by atoms with Gasteiger partial charge < -0.3 is 4.42 Å². The summed E-state index contributed by atoms with van der Waals surface area (Å²) < 4.78 is 5.74. The molecular weight excluding hydrogens is 288 g/mol. The number of hydrogen-bond acceptors (Lipinski definition) is 5. The molecule has 0 radical (unpaired) electrons. The number of furan rings is 1. The molecule has 0 aliphatic rings. The van der Waals surface area contributed by atoms with Crippen molar-refractivity contribution in [3.05, 3.63) is 61.1 Å². The van der Waals surface area contributed by atoms with Gasteiger partial charge in [-0.1, -0.05) is 24.3 Å². The Hall–Kier alpha value is -3.34. The average molecular weight is 298 g/mol. The number of aromatic nitrogens is 4. The second-order valence-electron chi connectivity index (χ2n) is 5.28. The highest BCUT2D eigenvalue weighted by atomic mass is 16.3. The van der Waals surface area contributed by atoms with E-state index in [2.05, 4.69) is 19.9 Å². The number of fused-ring (bicyclic) bond motifs is 4. The normalized spacial score (nSPS) is 11.5. The minimum absolute atomic E-state index is 0.549. The van der Waals surface area contributed by atoms with E-state index in [0.29, 0.717) is 11.3 Å². The third-order valence-electron chi connectivity index (χ3n) is 3.86. The molecule has 0 fully saturated rings. The SMILES string of the molecule is c1ccc2nc(-c3ccc4c(n3)oc3cncnc34)ccc2c1. The van der Waals surface area contributed by atoms with E-state index in [4.69, 9.17) is 4.42 Å². The van der Waals surface area contributed by atoms with Gasteiger partial charge in [0.05, 0.1) is 28.5 Å². The van der Waals surface area contributed by atoms with Crippen molar-refractivity contribution >= 4 is 33.1 Å². The Morgan fingerprint density at radius 2 is 1.70 bits per heavy atom. The second-order valence-corrected chi connectivity index (χ2v) is 5.28. The molecule has 0 unspecified atom stereocenters. The highest BCUT2D eigenvalue weighted by Crippen LogP contribution is 2.27. The zero-order valence-electron chi connectivity index (χ0n) is 12.0. The number of rotatable bonds is 1. The van der Waals surface area contributed by atoms with E-state index >= 15 is 0 Å². The molecule has 0 spiro atoms. The molecule has 0 N–H and O–H groups in total. The van der Waals surface area contributed by atoms with Crippen molar-refractivity contribution < 1.29 is 4.42 Å². The van der Waals surface area contributed by atoms with Gasteiger partial charge in [-0.2, -0.15) is 0 Å². The van der Waals surface area contributed by atoms with Gasteiger partial charge in [0, 0.05) is 5.39 Å². The molecule has 0 atom stereocenters. The molecule has 5 heteroatoms. The van der Waals surface area contributed by atoms with Crippen LogP contribution in [-0.4, -0.2) is 19.9 Å². The lowest BCUT2D eigenvalue weighted by Crippen LogP contribution is -1.88. The van der Waals surface area contributed by atoms with Crippen LogP contribution in [0.1, 0.15) is 0 Å². The van der Waals surface area contributed by atoms with Gasteiger partial charge in [-0.05, 0) is 24.3 Å². The van der Waals surface area contributed by atoms with E-state index in [-0.39, 0.29) is 0 Å². The maximum Gasteiger partial charge on any atom is 0.229 e. The number of pyridine rings is 2. The Balaban J connectivity index is 1.73. The minimum Gasteiger partial charge on any atom is -0.434 e. The molecule has 0 saturated carbocycles. The van der Waals surface area contributed by atoms with Gasteiger partial charge in [0.15, 0.2) is 5.58 Å². The molecular formula is C18H10N4O. The van der Waals surface area contributed by atoms with Gasteiger partial charge in [-0.3, -0.25) is 0 Å². The van der Waals surface area contributed by atoms with Gasteiger partial charge in [-0.15, -0.1) is 0 Å². The van der Waals surface area contributed by atoms with Gasteiger partial charge >= 0.3 is 0 Å². The monoisotopic (exact) mass is 298 g/mol. The Morgan fingerprint density at radius 3 is 2.70 bits per heavy atom. The first-order chi connectivity index (χ1) is 11.4. The van der Waals surface area contributed by atoms with Gasteiger partial charge in [0.25, 0.3) is 0 Å². The first-order valence-corrected chi connectivity index (χ1v) is 7.24. The first kappa shape index (κ1) is 12.2. The fourth-order valence-corrected chi connectivity index (χ4v) is 2.75. The molecule has 5 nitrogen and oxygen atoms in total. The molecule has 0 bridgehead atoms. The summed E-state index contributed by atoms with van der Waals surface area (Å²) in [5.74, 6) is 0. The molecule has 0 amide bonds. The Bertz CT molecular complexity index is 1180. The van der Waals surface area contributed by atoms with Crippen molar-refractivity contribution in [1.29, 1.82) is 0 Å². The quantitative estimate of drug-likeness (QED) is 0.468. The number of benzene rings is 1. The minimum atomic E-state index is 0.549. The zero-order chi connectivity index (χ0) is 15.2. The Kier molecular flexibility index (Phi) is 2.43. The molecule has 0 aliphatic carbocycles. The van der Waals surface area contributed by atoms with E-state index < -0.39 is 0 Å². The average Bonchev–Trinajstić information content (AvgIpc) is 2.99. The fourth-order valence-electron chi connectivity index (χ4n) is 2.75. The first-order valence-electron chi connectivity index (χ1n) is 7.24. The van der Waals surface area contributed by atoms with Crippen LogP contribution in [0, 0.1) is 0 Å². The van der Waals surface area contributed by atoms with Crippen molar-refractivity contribution in [2.45, 2.75) is 0 Å². The highest BCUT2D eigenvalue weighted by molar-refractivity contribution is 6.01. The van der Waals surface area contributed by atoms with Crippen molar-refractivity contribution in [1.82, 2.24) is 19.9 Å². The smallest absolute Gasteiger partial charge is 0.229 e. The van der Waals surface area contributed by atoms with Gasteiger partial charge in [-0.25, -0.2) is 19.9 Å². The lowest BCUT2D eigenvalue weighted by Gasteiger charge is -2.02. The predicted molar refractivity (Wildman–Crippen MR) is 87.8 cm³/mol. The molecule has 108 valence electrons. The Morgan fingerprint density at radius 1 is 0.826 bits per heavy atom. The summed E-state index contributed by atoms with van der Waals surface area (Å²) in [7, 11) is 0. The third-order valence-corrected chi connectivity index (χ3v) is 3.86. The number of para-hydroxylation sites is 1. The summed E-state index contributed by atoms with van der Waals surface area (Å²) in [6.45, 7) is 0. The maximum absolute atomic E-state index is 5.74. The number of nitrogens with zero attached hydrogens (tertiary/aromatic N) is 4. The van der Waals surface area contributed by atoms with Gasteiger partial charge in [0.1, 0.15) is 11.8 Å². The van der Waals surface area contributed by atoms with E-state index in [1.54, 1.807) is 6.20 Å². The third kappa shape index (κ3) is 1.87. The van der Waals surface area contributed by atoms with Crippen molar-refractivity contribution in [3.63, 3.8) is 0 Å². The van der Waals surface area contributed by atoms with Crippen LogP contribution in [0.3, 0.4) is 0 Å². The van der Waals surface area contributed by atoms with E-state index in [1.165, 1.54) is 6.33 Å². The van der Waals surface area contributed by atoms with Gasteiger partial charge in [0.2, 0.25) is 5.71 Å². The van der Waals surface area contributed by atoms with Crippen LogP contribution in [0.2, 0.25) is 0 Å². The Labute approximate surface area is 130 Å². The largest absolute Gasteiger partial charge is 0.434 e. The predicted octanol–water partition coefficient (Wildman–Crippen LogP) is 3.99. The molecule has 5 rings (SSSR count). The second kappa shape index (κ2) is 4.58. The highest BCUT2D eigenvalue weighted by Gasteiger charge is 2.11. The summed E-state index contributed by atoms with van der Waals surface area (Å²) in [6, 6.07) is 15.9. The molecule has 5 aromatic rings. The molecule has 4 heterocycles. The van der Waals surface area contributed by atoms with Crippen LogP contribution in [0.5, 0.6) is 0 Å². The van der Waals surface area contributed by atoms with Crippen molar-refractivity contribution in [2.75, 3.05) is 0 Å². The van der Waals surface area contributed by atoms with Crippen LogP contribution in [-0.2, 0) is 0 Å².